The Bertz CT molecular complexity index is 1030. The van der Waals surface area contributed by atoms with E-state index in [9.17, 15) is 19.5 Å². The summed E-state index contributed by atoms with van der Waals surface area (Å²) in [7, 11) is 0. The lowest BCUT2D eigenvalue weighted by Gasteiger charge is -2.35. The van der Waals surface area contributed by atoms with Crippen LogP contribution >= 0.6 is 0 Å². The number of nitrogens with zero attached hydrogens (tertiary/aromatic N) is 1. The highest BCUT2D eigenvalue weighted by Gasteiger charge is 2.33. The molecule has 2 aromatic rings. The van der Waals surface area contributed by atoms with Gasteiger partial charge in [-0.15, -0.1) is 0 Å². The number of carboxylic acids is 1. The normalized spacial score (nSPS) is 19.7. The van der Waals surface area contributed by atoms with Gasteiger partial charge in [0.25, 0.3) is 0 Å². The lowest BCUT2D eigenvalue weighted by Crippen LogP contribution is -2.49. The van der Waals surface area contributed by atoms with Crippen molar-refractivity contribution in [2.75, 3.05) is 19.7 Å². The topological polar surface area (TPSA) is 95.9 Å². The summed E-state index contributed by atoms with van der Waals surface area (Å²) in [6, 6.07) is 15.4. The molecule has 2 N–H and O–H groups in total. The lowest BCUT2D eigenvalue weighted by atomic mass is 9.94. The van der Waals surface area contributed by atoms with E-state index in [1.165, 1.54) is 17.1 Å². The van der Waals surface area contributed by atoms with Crippen LogP contribution in [0.5, 0.6) is 0 Å². The molecule has 1 saturated heterocycles. The monoisotopic (exact) mass is 448 g/mol. The van der Waals surface area contributed by atoms with Crippen molar-refractivity contribution < 1.29 is 24.2 Å². The largest absolute Gasteiger partial charge is 0.480 e. The molecule has 0 spiro atoms. The number of benzene rings is 2. The van der Waals surface area contributed by atoms with Crippen molar-refractivity contribution in [3.05, 3.63) is 71.8 Å². The molecule has 2 amide bonds. The van der Waals surface area contributed by atoms with E-state index in [1.54, 1.807) is 0 Å². The molecule has 33 heavy (non-hydrogen) atoms. The Hall–Kier alpha value is -3.61. The number of aliphatic carboxylic acids is 1. The molecule has 1 heterocycles. The first-order valence-corrected chi connectivity index (χ1v) is 11.2. The van der Waals surface area contributed by atoms with E-state index in [0.29, 0.717) is 13.0 Å². The summed E-state index contributed by atoms with van der Waals surface area (Å²) in [5.41, 5.74) is 4.60. The fourth-order valence-electron chi connectivity index (χ4n) is 4.70. The Morgan fingerprint density at radius 3 is 2.33 bits per heavy atom. The molecule has 7 nitrogen and oxygen atoms in total. The smallest absolute Gasteiger partial charge is 0.407 e. The molecule has 4 rings (SSSR count). The molecule has 0 bridgehead atoms. The summed E-state index contributed by atoms with van der Waals surface area (Å²) in [4.78, 5) is 37.5. The second-order valence-electron chi connectivity index (χ2n) is 8.64. The molecule has 0 aromatic heterocycles. The zero-order valence-electron chi connectivity index (χ0n) is 18.6. The van der Waals surface area contributed by atoms with Gasteiger partial charge in [-0.05, 0) is 41.0 Å². The SMILES string of the molecule is CC1CCC(C(=O)O)N(C(=O)/C=C/CNC(=O)OCC2c3ccccc3-c3ccccc32)C1. The number of hydrogen-bond donors (Lipinski definition) is 2. The van der Waals surface area contributed by atoms with Crippen LogP contribution in [0.2, 0.25) is 0 Å². The first kappa shape index (κ1) is 22.6. The van der Waals surface area contributed by atoms with Crippen molar-refractivity contribution in [2.24, 2.45) is 5.92 Å². The molecule has 2 atom stereocenters. The second-order valence-corrected chi connectivity index (χ2v) is 8.64. The molecule has 2 aromatic carbocycles. The zero-order chi connectivity index (χ0) is 23.4. The van der Waals surface area contributed by atoms with Crippen LogP contribution in [0.3, 0.4) is 0 Å². The van der Waals surface area contributed by atoms with Gasteiger partial charge in [0.05, 0.1) is 0 Å². The summed E-state index contributed by atoms with van der Waals surface area (Å²) < 4.78 is 5.47. The van der Waals surface area contributed by atoms with E-state index in [0.717, 1.165) is 28.7 Å². The van der Waals surface area contributed by atoms with Crippen LogP contribution in [0.1, 0.15) is 36.8 Å². The van der Waals surface area contributed by atoms with Crippen LogP contribution in [0, 0.1) is 5.92 Å². The number of piperidine rings is 1. The van der Waals surface area contributed by atoms with Gasteiger partial charge < -0.3 is 20.1 Å². The number of rotatable bonds is 6. The van der Waals surface area contributed by atoms with Crippen LogP contribution in [0.15, 0.2) is 60.7 Å². The predicted octanol–water partition coefficient (Wildman–Crippen LogP) is 3.79. The van der Waals surface area contributed by atoms with Crippen LogP contribution in [-0.2, 0) is 14.3 Å². The molecule has 1 fully saturated rings. The first-order valence-electron chi connectivity index (χ1n) is 11.2. The molecule has 7 heteroatoms. The van der Waals surface area contributed by atoms with Crippen LogP contribution in [0.25, 0.3) is 11.1 Å². The maximum Gasteiger partial charge on any atom is 0.407 e. The predicted molar refractivity (Wildman–Crippen MR) is 124 cm³/mol. The van der Waals surface area contributed by atoms with Crippen molar-refractivity contribution >= 4 is 18.0 Å². The number of hydrogen-bond acceptors (Lipinski definition) is 4. The van der Waals surface area contributed by atoms with Gasteiger partial charge in [-0.3, -0.25) is 4.79 Å². The number of alkyl carbamates (subject to hydrolysis) is 1. The number of amides is 2. The molecular weight excluding hydrogens is 420 g/mol. The summed E-state index contributed by atoms with van der Waals surface area (Å²) in [5.74, 6) is -1.10. The van der Waals surface area contributed by atoms with Gasteiger partial charge in [-0.2, -0.15) is 0 Å². The highest BCUT2D eigenvalue weighted by atomic mass is 16.5. The van der Waals surface area contributed by atoms with E-state index >= 15 is 0 Å². The molecule has 2 unspecified atom stereocenters. The van der Waals surface area contributed by atoms with E-state index in [4.69, 9.17) is 4.74 Å². The molecule has 0 saturated carbocycles. The fourth-order valence-corrected chi connectivity index (χ4v) is 4.70. The van der Waals surface area contributed by atoms with Gasteiger partial charge in [-0.1, -0.05) is 61.5 Å². The van der Waals surface area contributed by atoms with E-state index < -0.39 is 18.1 Å². The Kier molecular flexibility index (Phi) is 6.77. The fraction of sp³-hybridized carbons (Fsp3) is 0.346. The highest BCUT2D eigenvalue weighted by Crippen LogP contribution is 2.44. The van der Waals surface area contributed by atoms with Crippen molar-refractivity contribution in [3.63, 3.8) is 0 Å². The molecule has 1 aliphatic heterocycles. The molecule has 172 valence electrons. The second kappa shape index (κ2) is 9.90. The van der Waals surface area contributed by atoms with Crippen molar-refractivity contribution in [1.82, 2.24) is 10.2 Å². The molecule has 1 aliphatic carbocycles. The van der Waals surface area contributed by atoms with Gasteiger partial charge in [0, 0.05) is 25.1 Å². The van der Waals surface area contributed by atoms with Crippen LogP contribution < -0.4 is 5.32 Å². The van der Waals surface area contributed by atoms with Gasteiger partial charge in [0.2, 0.25) is 5.91 Å². The van der Waals surface area contributed by atoms with Gasteiger partial charge in [-0.25, -0.2) is 9.59 Å². The summed E-state index contributed by atoms with van der Waals surface area (Å²) in [6.45, 7) is 2.75. The third kappa shape index (κ3) is 4.92. The molecular formula is C26H28N2O5. The first-order chi connectivity index (χ1) is 16.0. The standard InChI is InChI=1S/C26H28N2O5/c1-17-12-13-23(25(30)31)28(15-17)24(29)11-6-14-27-26(32)33-16-22-20-9-4-2-7-18(20)19-8-3-5-10-21(19)22/h2-11,17,22-23H,12-16H2,1H3,(H,27,32)(H,30,31)/b11-6+. The third-order valence-electron chi connectivity index (χ3n) is 6.35. The van der Waals surface area contributed by atoms with E-state index in [-0.39, 0.29) is 30.9 Å². The Balaban J connectivity index is 1.28. The minimum atomic E-state index is -0.986. The quantitative estimate of drug-likeness (QED) is 0.656. The minimum absolute atomic E-state index is 0.0192. The number of fused-ring (bicyclic) bond motifs is 3. The van der Waals surface area contributed by atoms with E-state index in [2.05, 4.69) is 29.6 Å². The Labute approximate surface area is 193 Å². The molecule has 0 radical (unpaired) electrons. The van der Waals surface area contributed by atoms with Crippen molar-refractivity contribution in [2.45, 2.75) is 31.7 Å². The number of carbonyl (C=O) groups excluding carboxylic acids is 2. The number of carbonyl (C=O) groups is 3. The summed E-state index contributed by atoms with van der Waals surface area (Å²) in [5, 5.41) is 12.0. The zero-order valence-corrected chi connectivity index (χ0v) is 18.6. The number of carboxylic acid groups (broad SMARTS) is 1. The highest BCUT2D eigenvalue weighted by molar-refractivity contribution is 5.91. The lowest BCUT2D eigenvalue weighted by molar-refractivity contribution is -0.151. The number of ether oxygens (including phenoxy) is 1. The summed E-state index contributed by atoms with van der Waals surface area (Å²) in [6.07, 6.45) is 3.51. The third-order valence-corrected chi connectivity index (χ3v) is 6.35. The average Bonchev–Trinajstić information content (AvgIpc) is 3.14. The minimum Gasteiger partial charge on any atom is -0.480 e. The van der Waals surface area contributed by atoms with Crippen molar-refractivity contribution in [1.29, 1.82) is 0 Å². The van der Waals surface area contributed by atoms with Crippen LogP contribution in [0.4, 0.5) is 4.79 Å². The van der Waals surface area contributed by atoms with E-state index in [1.807, 2.05) is 31.2 Å². The van der Waals surface area contributed by atoms with Crippen LogP contribution in [-0.4, -0.2) is 53.7 Å². The van der Waals surface area contributed by atoms with Gasteiger partial charge in [0.15, 0.2) is 0 Å². The maximum absolute atomic E-state index is 12.5. The van der Waals surface area contributed by atoms with Gasteiger partial charge in [0.1, 0.15) is 12.6 Å². The maximum atomic E-state index is 12.5. The Morgan fingerprint density at radius 2 is 1.70 bits per heavy atom. The average molecular weight is 449 g/mol. The number of nitrogens with one attached hydrogen (secondary N) is 1. The summed E-state index contributed by atoms with van der Waals surface area (Å²) >= 11 is 0. The number of likely N-dealkylation sites (tertiary alicyclic amines) is 1. The van der Waals surface area contributed by atoms with Crippen molar-refractivity contribution in [3.8, 4) is 11.1 Å². The van der Waals surface area contributed by atoms with Gasteiger partial charge >= 0.3 is 12.1 Å². The molecule has 2 aliphatic rings. The Morgan fingerprint density at radius 1 is 1.06 bits per heavy atom.